The lowest BCUT2D eigenvalue weighted by Crippen LogP contribution is -2.54. The van der Waals surface area contributed by atoms with Crippen molar-refractivity contribution in [2.75, 3.05) is 6.54 Å². The number of piperidine rings is 1. The Bertz CT molecular complexity index is 2230. The van der Waals surface area contributed by atoms with E-state index < -0.39 is 35.5 Å². The number of likely N-dealkylation sites (tertiary alicyclic amines) is 2. The van der Waals surface area contributed by atoms with Crippen LogP contribution in [0.15, 0.2) is 60.9 Å². The first-order valence-corrected chi connectivity index (χ1v) is 22.2. The first-order chi connectivity index (χ1) is 29.3. The van der Waals surface area contributed by atoms with Gasteiger partial charge in [-0.3, -0.25) is 9.59 Å². The van der Waals surface area contributed by atoms with E-state index in [1.54, 1.807) is 20.8 Å². The Morgan fingerprint density at radius 1 is 0.726 bits per heavy atom. The van der Waals surface area contributed by atoms with E-state index in [1.807, 2.05) is 70.7 Å². The number of rotatable bonds is 11. The van der Waals surface area contributed by atoms with Gasteiger partial charge in [0.2, 0.25) is 11.8 Å². The number of alkyl carbamates (subject to hydrolysis) is 2. The van der Waals surface area contributed by atoms with Crippen molar-refractivity contribution in [2.24, 2.45) is 17.8 Å². The molecule has 4 heterocycles. The molecule has 6 atom stereocenters. The van der Waals surface area contributed by atoms with Crippen molar-refractivity contribution in [3.05, 3.63) is 72.6 Å². The number of nitrogens with zero attached hydrogens (tertiary/aromatic N) is 4. The highest BCUT2D eigenvalue weighted by molar-refractivity contribution is 5.87. The van der Waals surface area contributed by atoms with Gasteiger partial charge in [-0.05, 0) is 108 Å². The molecular formula is C48H64N8O6. The van der Waals surface area contributed by atoms with E-state index in [0.717, 1.165) is 77.4 Å². The van der Waals surface area contributed by atoms with Crippen molar-refractivity contribution in [3.63, 3.8) is 0 Å². The second-order valence-corrected chi connectivity index (χ2v) is 19.9. The van der Waals surface area contributed by atoms with Crippen LogP contribution >= 0.6 is 0 Å². The van der Waals surface area contributed by atoms with Crippen LogP contribution in [0.25, 0.3) is 33.6 Å². The van der Waals surface area contributed by atoms with Gasteiger partial charge in [0.15, 0.2) is 0 Å². The lowest BCUT2D eigenvalue weighted by molar-refractivity contribution is -0.139. The molecule has 1 saturated carbocycles. The third-order valence-electron chi connectivity index (χ3n) is 12.1. The van der Waals surface area contributed by atoms with Crippen molar-refractivity contribution < 1.29 is 28.7 Å². The summed E-state index contributed by atoms with van der Waals surface area (Å²) in [5.74, 6) is 1.31. The number of carbonyl (C=O) groups excluding carboxylic acids is 4. The van der Waals surface area contributed by atoms with Gasteiger partial charge >= 0.3 is 12.2 Å². The fraction of sp³-hybridized carbons (Fsp3) is 0.542. The highest BCUT2D eigenvalue weighted by Crippen LogP contribution is 2.50. The fourth-order valence-electron chi connectivity index (χ4n) is 9.17. The summed E-state index contributed by atoms with van der Waals surface area (Å²) in [4.78, 5) is 73.8. The molecule has 2 aromatic heterocycles. The molecule has 2 unspecified atom stereocenters. The molecule has 0 spiro atoms. The molecule has 14 nitrogen and oxygen atoms in total. The predicted molar refractivity (Wildman–Crippen MR) is 237 cm³/mol. The molecule has 4 amide bonds. The number of aromatic amines is 2. The molecule has 3 aliphatic rings. The highest BCUT2D eigenvalue weighted by atomic mass is 16.6. The van der Waals surface area contributed by atoms with Gasteiger partial charge in [0.1, 0.15) is 34.9 Å². The fourth-order valence-corrected chi connectivity index (χ4v) is 9.17. The van der Waals surface area contributed by atoms with Crippen LogP contribution < -0.4 is 10.6 Å². The average molecular weight is 849 g/mol. The molecule has 2 aliphatic heterocycles. The van der Waals surface area contributed by atoms with E-state index in [2.05, 4.69) is 69.1 Å². The molecule has 332 valence electrons. The molecule has 3 fully saturated rings. The number of amides is 4. The number of carbonyl (C=O) groups is 4. The van der Waals surface area contributed by atoms with E-state index in [0.29, 0.717) is 12.5 Å². The van der Waals surface area contributed by atoms with E-state index in [1.165, 1.54) is 0 Å². The molecule has 0 radical (unpaired) electrons. The number of ether oxygens (including phenoxy) is 2. The Balaban J connectivity index is 1.00. The summed E-state index contributed by atoms with van der Waals surface area (Å²) < 4.78 is 11.0. The van der Waals surface area contributed by atoms with E-state index in [9.17, 15) is 19.2 Å². The van der Waals surface area contributed by atoms with E-state index in [-0.39, 0.29) is 41.8 Å². The van der Waals surface area contributed by atoms with Crippen LogP contribution in [0.1, 0.15) is 125 Å². The summed E-state index contributed by atoms with van der Waals surface area (Å²) >= 11 is 0. The first kappa shape index (κ1) is 44.4. The summed E-state index contributed by atoms with van der Waals surface area (Å²) in [5.41, 5.74) is 4.39. The maximum absolute atomic E-state index is 14.2. The molecule has 4 aromatic rings. The van der Waals surface area contributed by atoms with Crippen molar-refractivity contribution in [3.8, 4) is 33.6 Å². The third kappa shape index (κ3) is 9.84. The number of hydrogen-bond donors (Lipinski definition) is 4. The van der Waals surface area contributed by atoms with Gasteiger partial charge in [-0.1, -0.05) is 76.2 Å². The zero-order chi connectivity index (χ0) is 44.7. The summed E-state index contributed by atoms with van der Waals surface area (Å²) in [7, 11) is 0. The molecule has 2 aromatic carbocycles. The number of imidazole rings is 2. The average Bonchev–Trinajstić information content (AvgIpc) is 4.06. The first-order valence-electron chi connectivity index (χ1n) is 22.2. The molecule has 14 heteroatoms. The monoisotopic (exact) mass is 848 g/mol. The number of aromatic nitrogens is 4. The van der Waals surface area contributed by atoms with Crippen LogP contribution in [0.2, 0.25) is 0 Å². The summed E-state index contributed by atoms with van der Waals surface area (Å²) in [5, 5.41) is 5.67. The van der Waals surface area contributed by atoms with Crippen molar-refractivity contribution in [1.82, 2.24) is 40.4 Å². The standard InChI is InChI=1S/C48H64N8O6/c1-27(2)38(53-45(59)61-47(5,6)7)43(57)55-23-11-12-37(55)41-49-25-35(51-41)31-17-13-29(14-18-31)30-15-19-32(20-16-30)36-26-50-42(52-36)40-33-21-22-34(24-33)56(40)44(58)39(28(3)4)54-46(60)62-48(8,9)10/h13-20,25-28,33-34,37-40H,11-12,21-24H2,1-10H3,(H,49,51)(H,50,52)(H,53,59)(H,54,60)/t33?,34?,37-,38-,39-,40-/m0/s1. The smallest absolute Gasteiger partial charge is 0.408 e. The number of H-pyrrole nitrogens is 2. The number of benzene rings is 2. The molecule has 2 bridgehead atoms. The Morgan fingerprint density at radius 2 is 1.27 bits per heavy atom. The number of hydrogen-bond acceptors (Lipinski definition) is 8. The van der Waals surface area contributed by atoms with Gasteiger partial charge in [-0.15, -0.1) is 0 Å². The lowest BCUT2D eigenvalue weighted by atomic mass is 9.95. The quantitative estimate of drug-likeness (QED) is 0.116. The molecule has 62 heavy (non-hydrogen) atoms. The van der Waals surface area contributed by atoms with Crippen LogP contribution in [0.4, 0.5) is 9.59 Å². The predicted octanol–water partition coefficient (Wildman–Crippen LogP) is 8.95. The van der Waals surface area contributed by atoms with Crippen LogP contribution in [-0.4, -0.2) is 89.6 Å². The summed E-state index contributed by atoms with van der Waals surface area (Å²) in [6, 6.07) is 14.9. The van der Waals surface area contributed by atoms with Crippen LogP contribution in [0.5, 0.6) is 0 Å². The largest absolute Gasteiger partial charge is 0.444 e. The second-order valence-electron chi connectivity index (χ2n) is 19.9. The third-order valence-corrected chi connectivity index (χ3v) is 12.1. The van der Waals surface area contributed by atoms with Gasteiger partial charge in [-0.2, -0.15) is 0 Å². The van der Waals surface area contributed by atoms with E-state index in [4.69, 9.17) is 19.4 Å². The molecule has 1 aliphatic carbocycles. The SMILES string of the molecule is CC(C)[C@H](NC(=O)OC(C)(C)C)C(=O)N1CCC[C@H]1c1ncc(-c2ccc(-c3ccc(-c4c[nH]c([C@@H]5C6CCC(C6)N5C(=O)[C@@H](NC(=O)OC(C)(C)C)C(C)C)n4)cc3)cc2)[nH]1. The van der Waals surface area contributed by atoms with Gasteiger partial charge < -0.3 is 39.9 Å². The molecule has 4 N–H and O–H groups in total. The molecular weight excluding hydrogens is 785 g/mol. The Morgan fingerprint density at radius 3 is 1.84 bits per heavy atom. The van der Waals surface area contributed by atoms with Gasteiger partial charge in [-0.25, -0.2) is 19.6 Å². The van der Waals surface area contributed by atoms with Gasteiger partial charge in [0.25, 0.3) is 0 Å². The van der Waals surface area contributed by atoms with Crippen LogP contribution in [-0.2, 0) is 19.1 Å². The Labute approximate surface area is 365 Å². The van der Waals surface area contributed by atoms with Crippen molar-refractivity contribution in [1.29, 1.82) is 0 Å². The van der Waals surface area contributed by atoms with Gasteiger partial charge in [0.05, 0.1) is 29.7 Å². The van der Waals surface area contributed by atoms with E-state index >= 15 is 0 Å². The summed E-state index contributed by atoms with van der Waals surface area (Å²) in [6.07, 6.45) is 7.05. The maximum Gasteiger partial charge on any atom is 0.408 e. The lowest BCUT2D eigenvalue weighted by Gasteiger charge is -2.37. The molecule has 7 rings (SSSR count). The van der Waals surface area contributed by atoms with Crippen LogP contribution in [0.3, 0.4) is 0 Å². The number of nitrogens with one attached hydrogen (secondary N) is 4. The van der Waals surface area contributed by atoms with Crippen molar-refractivity contribution in [2.45, 2.75) is 143 Å². The minimum atomic E-state index is -0.714. The van der Waals surface area contributed by atoms with Crippen molar-refractivity contribution >= 4 is 24.0 Å². The second kappa shape index (κ2) is 17.6. The molecule has 2 saturated heterocycles. The summed E-state index contributed by atoms with van der Waals surface area (Å²) in [6.45, 7) is 19.1. The minimum Gasteiger partial charge on any atom is -0.444 e. The zero-order valence-electron chi connectivity index (χ0n) is 37.9. The minimum absolute atomic E-state index is 0.0948. The van der Waals surface area contributed by atoms with Gasteiger partial charge in [0, 0.05) is 24.3 Å². The number of fused-ring (bicyclic) bond motifs is 2. The topological polar surface area (TPSA) is 175 Å². The Hall–Kier alpha value is -5.66. The van der Waals surface area contributed by atoms with Crippen LogP contribution in [0, 0.1) is 17.8 Å². The highest BCUT2D eigenvalue weighted by Gasteiger charge is 2.51. The zero-order valence-corrected chi connectivity index (χ0v) is 37.9. The Kier molecular flexibility index (Phi) is 12.6. The normalized spacial score (nSPS) is 21.0. The maximum atomic E-state index is 14.2.